The molecule has 0 saturated carbocycles. The lowest BCUT2D eigenvalue weighted by molar-refractivity contribution is 0.340. The average Bonchev–Trinajstić information content (AvgIpc) is 3.41. The van der Waals surface area contributed by atoms with Gasteiger partial charge in [0.15, 0.2) is 0 Å². The van der Waals surface area contributed by atoms with Crippen molar-refractivity contribution in [3.8, 4) is 28.5 Å². The number of aromatic nitrogens is 4. The lowest BCUT2D eigenvalue weighted by Gasteiger charge is -2.04. The van der Waals surface area contributed by atoms with Crippen molar-refractivity contribution in [1.29, 1.82) is 0 Å². The van der Waals surface area contributed by atoms with E-state index in [1.165, 1.54) is 5.56 Å². The third kappa shape index (κ3) is 4.05. The van der Waals surface area contributed by atoms with Gasteiger partial charge < -0.3 is 13.7 Å². The summed E-state index contributed by atoms with van der Waals surface area (Å²) in [6.07, 6.45) is 3.52. The number of hydrogen-bond acceptors (Lipinski definition) is 5. The number of rotatable bonds is 6. The van der Waals surface area contributed by atoms with E-state index in [2.05, 4.69) is 10.1 Å². The molecule has 7 nitrogen and oxygen atoms in total. The van der Waals surface area contributed by atoms with Gasteiger partial charge in [0.2, 0.25) is 5.89 Å². The van der Waals surface area contributed by atoms with Gasteiger partial charge in [-0.2, -0.15) is 5.10 Å². The number of ether oxygens (including phenoxy) is 1. The van der Waals surface area contributed by atoms with Crippen molar-refractivity contribution in [2.45, 2.75) is 27.3 Å². The summed E-state index contributed by atoms with van der Waals surface area (Å²) < 4.78 is 14.6. The highest BCUT2D eigenvalue weighted by molar-refractivity contribution is 5.65. The van der Waals surface area contributed by atoms with Crippen LogP contribution in [-0.4, -0.2) is 25.8 Å². The van der Waals surface area contributed by atoms with Gasteiger partial charge in [0.1, 0.15) is 22.7 Å². The van der Waals surface area contributed by atoms with E-state index in [0.717, 1.165) is 22.6 Å². The summed E-state index contributed by atoms with van der Waals surface area (Å²) in [5, 5.41) is 4.56. The van der Waals surface area contributed by atoms with Crippen molar-refractivity contribution in [3.63, 3.8) is 0 Å². The molecule has 0 aliphatic carbocycles. The minimum absolute atomic E-state index is 0.131. The SMILES string of the molecule is CCOc1ccc(-c2nc(Cn3ccn4nc(-c5ccc(C)cc5)cc4c3=O)c(C)o2)cc1. The van der Waals surface area contributed by atoms with Gasteiger partial charge in [0, 0.05) is 23.5 Å². The van der Waals surface area contributed by atoms with Gasteiger partial charge in [0.25, 0.3) is 5.56 Å². The molecule has 0 atom stereocenters. The van der Waals surface area contributed by atoms with Gasteiger partial charge in [-0.1, -0.05) is 29.8 Å². The molecule has 0 fully saturated rings. The number of aryl methyl sites for hydroxylation is 2. The fraction of sp³-hybridized carbons (Fsp3) is 0.192. The molecule has 0 N–H and O–H groups in total. The van der Waals surface area contributed by atoms with Crippen molar-refractivity contribution >= 4 is 5.52 Å². The predicted molar refractivity (Wildman–Crippen MR) is 127 cm³/mol. The van der Waals surface area contributed by atoms with Crippen LogP contribution < -0.4 is 10.3 Å². The summed E-state index contributed by atoms with van der Waals surface area (Å²) in [5.41, 5.74) is 4.87. The van der Waals surface area contributed by atoms with E-state index in [9.17, 15) is 4.79 Å². The van der Waals surface area contributed by atoms with Crippen LogP contribution in [0.15, 0.2) is 76.2 Å². The Balaban J connectivity index is 1.44. The Morgan fingerprint density at radius 2 is 1.70 bits per heavy atom. The van der Waals surface area contributed by atoms with Crippen LogP contribution in [0.1, 0.15) is 23.9 Å². The molecule has 0 amide bonds. The maximum Gasteiger partial charge on any atom is 0.276 e. The third-order valence-electron chi connectivity index (χ3n) is 5.58. The highest BCUT2D eigenvalue weighted by Crippen LogP contribution is 2.25. The van der Waals surface area contributed by atoms with Gasteiger partial charge in [-0.05, 0) is 51.1 Å². The normalized spacial score (nSPS) is 11.2. The van der Waals surface area contributed by atoms with Gasteiger partial charge in [-0.25, -0.2) is 9.50 Å². The topological polar surface area (TPSA) is 74.6 Å². The second-order valence-corrected chi connectivity index (χ2v) is 7.94. The predicted octanol–water partition coefficient (Wildman–Crippen LogP) is 4.88. The number of oxazole rings is 1. The fourth-order valence-electron chi connectivity index (χ4n) is 3.74. The molecule has 5 rings (SSSR count). The molecule has 33 heavy (non-hydrogen) atoms. The van der Waals surface area contributed by atoms with Crippen molar-refractivity contribution in [2.24, 2.45) is 0 Å². The third-order valence-corrected chi connectivity index (χ3v) is 5.58. The van der Waals surface area contributed by atoms with Crippen LogP contribution in [0.4, 0.5) is 0 Å². The van der Waals surface area contributed by atoms with Crippen LogP contribution in [0.5, 0.6) is 5.75 Å². The molecule has 0 aliphatic rings. The van der Waals surface area contributed by atoms with E-state index in [1.807, 2.05) is 75.4 Å². The Labute approximate surface area is 190 Å². The van der Waals surface area contributed by atoms with E-state index >= 15 is 0 Å². The molecule has 0 saturated heterocycles. The van der Waals surface area contributed by atoms with Gasteiger partial charge >= 0.3 is 0 Å². The number of fused-ring (bicyclic) bond motifs is 1. The Morgan fingerprint density at radius 3 is 2.42 bits per heavy atom. The first-order valence-corrected chi connectivity index (χ1v) is 10.9. The Kier molecular flexibility index (Phi) is 5.30. The molecule has 0 unspecified atom stereocenters. The first-order chi connectivity index (χ1) is 16.0. The standard InChI is InChI=1S/C26H24N4O3/c1-4-32-21-11-9-20(10-12-21)25-27-23(18(3)33-25)16-29-13-14-30-24(26(29)31)15-22(28-30)19-7-5-17(2)6-8-19/h5-15H,4,16H2,1-3H3. The van der Waals surface area contributed by atoms with Crippen LogP contribution >= 0.6 is 0 Å². The summed E-state index contributed by atoms with van der Waals surface area (Å²) in [4.78, 5) is 17.8. The highest BCUT2D eigenvalue weighted by atomic mass is 16.5. The number of benzene rings is 2. The Hall–Kier alpha value is -4.13. The van der Waals surface area contributed by atoms with Gasteiger partial charge in [0.05, 0.1) is 18.8 Å². The molecule has 0 spiro atoms. The first kappa shape index (κ1) is 20.8. The summed E-state index contributed by atoms with van der Waals surface area (Å²) in [7, 11) is 0. The van der Waals surface area contributed by atoms with E-state index in [0.29, 0.717) is 36.0 Å². The van der Waals surface area contributed by atoms with Crippen LogP contribution in [-0.2, 0) is 6.54 Å². The summed E-state index contributed by atoms with van der Waals surface area (Å²) >= 11 is 0. The fourth-order valence-corrected chi connectivity index (χ4v) is 3.74. The molecule has 3 heterocycles. The molecule has 2 aromatic carbocycles. The van der Waals surface area contributed by atoms with Gasteiger partial charge in [-0.15, -0.1) is 0 Å². The molecule has 0 bridgehead atoms. The number of nitrogens with zero attached hydrogens (tertiary/aromatic N) is 4. The maximum atomic E-state index is 13.1. The summed E-state index contributed by atoms with van der Waals surface area (Å²) in [6.45, 7) is 6.78. The molecular weight excluding hydrogens is 416 g/mol. The van der Waals surface area contributed by atoms with Crippen molar-refractivity contribution < 1.29 is 9.15 Å². The molecule has 7 heteroatoms. The molecule has 166 valence electrons. The van der Waals surface area contributed by atoms with Crippen molar-refractivity contribution in [2.75, 3.05) is 6.61 Å². The zero-order chi connectivity index (χ0) is 22.9. The summed E-state index contributed by atoms with van der Waals surface area (Å²) in [5.74, 6) is 2.00. The van der Waals surface area contributed by atoms with Crippen LogP contribution in [0.2, 0.25) is 0 Å². The largest absolute Gasteiger partial charge is 0.494 e. The Bertz CT molecular complexity index is 1480. The smallest absolute Gasteiger partial charge is 0.276 e. The first-order valence-electron chi connectivity index (χ1n) is 10.9. The van der Waals surface area contributed by atoms with E-state index in [-0.39, 0.29) is 5.56 Å². The summed E-state index contributed by atoms with van der Waals surface area (Å²) in [6, 6.07) is 17.5. The van der Waals surface area contributed by atoms with Crippen molar-refractivity contribution in [3.05, 3.63) is 94.4 Å². The monoisotopic (exact) mass is 440 g/mol. The minimum atomic E-state index is -0.131. The van der Waals surface area contributed by atoms with Crippen LogP contribution in [0.3, 0.4) is 0 Å². The zero-order valence-electron chi connectivity index (χ0n) is 18.8. The van der Waals surface area contributed by atoms with E-state index in [1.54, 1.807) is 21.5 Å². The van der Waals surface area contributed by atoms with E-state index < -0.39 is 0 Å². The van der Waals surface area contributed by atoms with Crippen LogP contribution in [0.25, 0.3) is 28.2 Å². The lowest BCUT2D eigenvalue weighted by atomic mass is 10.1. The average molecular weight is 441 g/mol. The maximum absolute atomic E-state index is 13.1. The van der Waals surface area contributed by atoms with Crippen molar-refractivity contribution in [1.82, 2.24) is 19.2 Å². The molecular formula is C26H24N4O3. The van der Waals surface area contributed by atoms with E-state index in [4.69, 9.17) is 9.15 Å². The lowest BCUT2D eigenvalue weighted by Crippen LogP contribution is -2.22. The number of hydrogen-bond donors (Lipinski definition) is 0. The minimum Gasteiger partial charge on any atom is -0.494 e. The zero-order valence-corrected chi connectivity index (χ0v) is 18.8. The van der Waals surface area contributed by atoms with Gasteiger partial charge in [-0.3, -0.25) is 4.79 Å². The second-order valence-electron chi connectivity index (χ2n) is 7.94. The molecule has 0 aliphatic heterocycles. The Morgan fingerprint density at radius 1 is 0.970 bits per heavy atom. The molecule has 0 radical (unpaired) electrons. The molecule has 5 aromatic rings. The quantitative estimate of drug-likeness (QED) is 0.376. The molecule has 3 aromatic heterocycles. The second kappa shape index (κ2) is 8.43. The van der Waals surface area contributed by atoms with Crippen LogP contribution in [0, 0.1) is 13.8 Å². The highest BCUT2D eigenvalue weighted by Gasteiger charge is 2.15.